The van der Waals surface area contributed by atoms with Crippen LogP contribution in [0.15, 0.2) is 24.3 Å². The highest BCUT2D eigenvalue weighted by molar-refractivity contribution is 5.47. The van der Waals surface area contributed by atoms with E-state index in [1.807, 2.05) is 12.1 Å². The van der Waals surface area contributed by atoms with Crippen molar-refractivity contribution >= 4 is 5.69 Å². The Morgan fingerprint density at radius 2 is 2.06 bits per heavy atom. The summed E-state index contributed by atoms with van der Waals surface area (Å²) in [6.45, 7) is 2.74. The molecule has 0 aromatic heterocycles. The second-order valence-corrected chi connectivity index (χ2v) is 4.28. The number of nitrogens with one attached hydrogen (secondary N) is 1. The number of anilines is 1. The van der Waals surface area contributed by atoms with Crippen LogP contribution in [0, 0.1) is 11.3 Å². The van der Waals surface area contributed by atoms with Crippen molar-refractivity contribution in [3.63, 3.8) is 0 Å². The summed E-state index contributed by atoms with van der Waals surface area (Å²) in [6, 6.07) is 9.19. The first-order valence-corrected chi connectivity index (χ1v) is 5.53. The Morgan fingerprint density at radius 1 is 1.41 bits per heavy atom. The lowest BCUT2D eigenvalue weighted by Crippen LogP contribution is -2.34. The maximum absolute atomic E-state index is 10.0. The van der Waals surface area contributed by atoms with Crippen LogP contribution in [0.1, 0.15) is 18.9 Å². The van der Waals surface area contributed by atoms with Gasteiger partial charge in [-0.05, 0) is 31.2 Å². The predicted molar refractivity (Wildman–Crippen MR) is 66.8 cm³/mol. The third kappa shape index (κ3) is 4.85. The average molecular weight is 234 g/mol. The van der Waals surface area contributed by atoms with Crippen LogP contribution in [0.5, 0.6) is 0 Å². The topological polar surface area (TPSA) is 65.3 Å². The number of nitrogens with zero attached hydrogens (tertiary/aromatic N) is 1. The standard InChI is InChI=1S/C13H18N2O2/c1-13(16,7-8-17-2)10-15-12-5-3-11(9-14)4-6-12/h3-6,15-16H,7-8,10H2,1-2H3. The van der Waals surface area contributed by atoms with Crippen LogP contribution in [-0.4, -0.2) is 31.0 Å². The quantitative estimate of drug-likeness (QED) is 0.787. The number of rotatable bonds is 6. The smallest absolute Gasteiger partial charge is 0.0991 e. The first kappa shape index (κ1) is 13.5. The Balaban J connectivity index is 2.46. The van der Waals surface area contributed by atoms with Crippen molar-refractivity contribution in [2.75, 3.05) is 25.6 Å². The fraction of sp³-hybridized carbons (Fsp3) is 0.462. The van der Waals surface area contributed by atoms with Gasteiger partial charge >= 0.3 is 0 Å². The summed E-state index contributed by atoms with van der Waals surface area (Å²) in [5.74, 6) is 0. The van der Waals surface area contributed by atoms with Gasteiger partial charge in [-0.15, -0.1) is 0 Å². The number of benzene rings is 1. The summed E-state index contributed by atoms with van der Waals surface area (Å²) in [7, 11) is 1.62. The van der Waals surface area contributed by atoms with Crippen LogP contribution in [0.3, 0.4) is 0 Å². The molecule has 1 aromatic carbocycles. The van der Waals surface area contributed by atoms with Gasteiger partial charge in [0.15, 0.2) is 0 Å². The number of hydrogen-bond acceptors (Lipinski definition) is 4. The van der Waals surface area contributed by atoms with Crippen molar-refractivity contribution < 1.29 is 9.84 Å². The molecule has 0 spiro atoms. The van der Waals surface area contributed by atoms with E-state index in [4.69, 9.17) is 10.00 Å². The predicted octanol–water partition coefficient (Wildman–Crippen LogP) is 1.76. The van der Waals surface area contributed by atoms with Crippen LogP contribution in [-0.2, 0) is 4.74 Å². The van der Waals surface area contributed by atoms with Gasteiger partial charge in [0.05, 0.1) is 17.2 Å². The Morgan fingerprint density at radius 3 is 2.59 bits per heavy atom. The number of hydrogen-bond donors (Lipinski definition) is 2. The fourth-order valence-corrected chi connectivity index (χ4v) is 1.37. The Labute approximate surface area is 102 Å². The molecule has 0 radical (unpaired) electrons. The zero-order chi connectivity index (χ0) is 12.7. The average Bonchev–Trinajstić information content (AvgIpc) is 2.35. The van der Waals surface area contributed by atoms with Crippen molar-refractivity contribution in [3.05, 3.63) is 29.8 Å². The first-order valence-electron chi connectivity index (χ1n) is 5.53. The number of methoxy groups -OCH3 is 1. The molecule has 1 rings (SSSR count). The van der Waals surface area contributed by atoms with Crippen LogP contribution in [0.25, 0.3) is 0 Å². The highest BCUT2D eigenvalue weighted by Gasteiger charge is 2.19. The monoisotopic (exact) mass is 234 g/mol. The molecule has 4 nitrogen and oxygen atoms in total. The van der Waals surface area contributed by atoms with Gasteiger partial charge in [0.25, 0.3) is 0 Å². The van der Waals surface area contributed by atoms with Crippen molar-refractivity contribution in [2.45, 2.75) is 18.9 Å². The highest BCUT2D eigenvalue weighted by atomic mass is 16.5. The summed E-state index contributed by atoms with van der Waals surface area (Å²) in [5, 5.41) is 21.8. The molecule has 0 aliphatic carbocycles. The van der Waals surface area contributed by atoms with E-state index in [-0.39, 0.29) is 0 Å². The molecule has 92 valence electrons. The zero-order valence-electron chi connectivity index (χ0n) is 10.2. The van der Waals surface area contributed by atoms with E-state index < -0.39 is 5.60 Å². The molecule has 0 aliphatic heterocycles. The molecule has 0 fully saturated rings. The minimum Gasteiger partial charge on any atom is -0.388 e. The van der Waals surface area contributed by atoms with Gasteiger partial charge in [-0.3, -0.25) is 0 Å². The molecule has 4 heteroatoms. The highest BCUT2D eigenvalue weighted by Crippen LogP contribution is 2.13. The maximum Gasteiger partial charge on any atom is 0.0991 e. The summed E-state index contributed by atoms with van der Waals surface area (Å²) >= 11 is 0. The van der Waals surface area contributed by atoms with E-state index in [0.717, 1.165) is 5.69 Å². The van der Waals surface area contributed by atoms with E-state index in [0.29, 0.717) is 25.1 Å². The van der Waals surface area contributed by atoms with E-state index in [2.05, 4.69) is 11.4 Å². The zero-order valence-corrected chi connectivity index (χ0v) is 10.2. The van der Waals surface area contributed by atoms with Crippen LogP contribution < -0.4 is 5.32 Å². The molecular formula is C13H18N2O2. The lowest BCUT2D eigenvalue weighted by Gasteiger charge is -2.23. The second-order valence-electron chi connectivity index (χ2n) is 4.28. The fourth-order valence-electron chi connectivity index (χ4n) is 1.37. The molecule has 0 heterocycles. The number of nitriles is 1. The summed E-state index contributed by atoms with van der Waals surface area (Å²) < 4.78 is 4.94. The van der Waals surface area contributed by atoms with Crippen molar-refractivity contribution in [1.82, 2.24) is 0 Å². The minimum absolute atomic E-state index is 0.447. The van der Waals surface area contributed by atoms with E-state index in [1.165, 1.54) is 0 Å². The third-order valence-electron chi connectivity index (χ3n) is 2.53. The molecule has 1 unspecified atom stereocenters. The van der Waals surface area contributed by atoms with Gasteiger partial charge in [-0.1, -0.05) is 0 Å². The maximum atomic E-state index is 10.0. The Kier molecular flexibility index (Phi) is 4.95. The van der Waals surface area contributed by atoms with Crippen molar-refractivity contribution in [1.29, 1.82) is 5.26 Å². The Hall–Kier alpha value is -1.57. The lowest BCUT2D eigenvalue weighted by atomic mass is 10.0. The van der Waals surface area contributed by atoms with Gasteiger partial charge in [0.1, 0.15) is 0 Å². The van der Waals surface area contributed by atoms with Gasteiger partial charge in [-0.2, -0.15) is 5.26 Å². The summed E-state index contributed by atoms with van der Waals surface area (Å²) in [6.07, 6.45) is 0.576. The molecular weight excluding hydrogens is 216 g/mol. The van der Waals surface area contributed by atoms with Crippen LogP contribution in [0.2, 0.25) is 0 Å². The molecule has 0 saturated heterocycles. The largest absolute Gasteiger partial charge is 0.388 e. The third-order valence-corrected chi connectivity index (χ3v) is 2.53. The lowest BCUT2D eigenvalue weighted by molar-refractivity contribution is 0.0357. The summed E-state index contributed by atoms with van der Waals surface area (Å²) in [5.41, 5.74) is 0.715. The molecule has 1 atom stereocenters. The molecule has 0 bridgehead atoms. The first-order chi connectivity index (χ1) is 8.07. The number of ether oxygens (including phenoxy) is 1. The van der Waals surface area contributed by atoms with Gasteiger partial charge < -0.3 is 15.2 Å². The van der Waals surface area contributed by atoms with E-state index >= 15 is 0 Å². The molecule has 0 saturated carbocycles. The Bertz CT molecular complexity index is 379. The molecule has 2 N–H and O–H groups in total. The van der Waals surface area contributed by atoms with Crippen molar-refractivity contribution in [3.8, 4) is 6.07 Å². The van der Waals surface area contributed by atoms with Crippen molar-refractivity contribution in [2.24, 2.45) is 0 Å². The second kappa shape index (κ2) is 6.24. The molecule has 0 amide bonds. The summed E-state index contributed by atoms with van der Waals surface area (Å²) in [4.78, 5) is 0. The van der Waals surface area contributed by atoms with Gasteiger partial charge in [0, 0.05) is 32.4 Å². The number of aliphatic hydroxyl groups is 1. The molecule has 17 heavy (non-hydrogen) atoms. The van der Waals surface area contributed by atoms with E-state index in [9.17, 15) is 5.11 Å². The minimum atomic E-state index is -0.802. The SMILES string of the molecule is COCCC(C)(O)CNc1ccc(C#N)cc1. The van der Waals surface area contributed by atoms with Gasteiger partial charge in [-0.25, -0.2) is 0 Å². The van der Waals surface area contributed by atoms with Gasteiger partial charge in [0.2, 0.25) is 0 Å². The molecule has 0 aliphatic rings. The van der Waals surface area contributed by atoms with Crippen LogP contribution in [0.4, 0.5) is 5.69 Å². The van der Waals surface area contributed by atoms with Crippen LogP contribution >= 0.6 is 0 Å². The van der Waals surface area contributed by atoms with E-state index in [1.54, 1.807) is 26.2 Å². The molecule has 1 aromatic rings. The normalized spacial score (nSPS) is 13.8.